The summed E-state index contributed by atoms with van der Waals surface area (Å²) in [6.45, 7) is 4.28. The molecule has 4 nitrogen and oxygen atoms in total. The minimum atomic E-state index is 0.0476. The van der Waals surface area contributed by atoms with Crippen LogP contribution in [0, 0.1) is 13.8 Å². The number of thiazole rings is 1. The number of aryl methyl sites for hydroxylation is 3. The Kier molecular flexibility index (Phi) is 5.35. The molecule has 0 aliphatic heterocycles. The van der Waals surface area contributed by atoms with Gasteiger partial charge in [0.05, 0.1) is 10.2 Å². The first kappa shape index (κ1) is 18.6. The molecule has 0 N–H and O–H groups in total. The van der Waals surface area contributed by atoms with Crippen molar-refractivity contribution in [2.75, 3.05) is 0 Å². The summed E-state index contributed by atoms with van der Waals surface area (Å²) in [7, 11) is 0. The minimum Gasteiger partial charge on any atom is -0.364 e. The number of nitrogens with zero attached hydrogens (tertiary/aromatic N) is 2. The van der Waals surface area contributed by atoms with Gasteiger partial charge in [-0.05, 0) is 55.9 Å². The van der Waals surface area contributed by atoms with E-state index in [2.05, 4.69) is 55.4 Å². The average Bonchev–Trinajstić information content (AvgIpc) is 3.35. The van der Waals surface area contributed by atoms with Crippen LogP contribution in [0.25, 0.3) is 20.8 Å². The summed E-state index contributed by atoms with van der Waals surface area (Å²) in [4.78, 5) is 16.8. The second-order valence-electron chi connectivity index (χ2n) is 7.11. The van der Waals surface area contributed by atoms with Gasteiger partial charge in [0.2, 0.25) is 0 Å². The van der Waals surface area contributed by atoms with Crippen LogP contribution in [0.1, 0.15) is 46.4 Å². The van der Waals surface area contributed by atoms with Crippen molar-refractivity contribution in [1.82, 2.24) is 10.1 Å². The third kappa shape index (κ3) is 3.90. The Balaban J connectivity index is 1.40. The van der Waals surface area contributed by atoms with Gasteiger partial charge in [-0.1, -0.05) is 35.5 Å². The van der Waals surface area contributed by atoms with Crippen LogP contribution in [0.5, 0.6) is 0 Å². The highest BCUT2D eigenvalue weighted by atomic mass is 32.1. The van der Waals surface area contributed by atoms with E-state index in [0.717, 1.165) is 29.8 Å². The second kappa shape index (κ2) is 8.07. The van der Waals surface area contributed by atoms with Crippen LogP contribution in [0.15, 0.2) is 53.3 Å². The number of aromatic nitrogens is 2. The number of carbonyl (C=O) groups excluding carboxylic acids is 1. The van der Waals surface area contributed by atoms with E-state index in [1.54, 1.807) is 17.4 Å². The number of hydrogen-bond acceptors (Lipinski definition) is 5. The molecule has 0 saturated carbocycles. The number of fused-ring (bicyclic) bond motifs is 1. The molecule has 0 unspecified atom stereocenters. The molecule has 2 aromatic carbocycles. The first-order valence-corrected chi connectivity index (χ1v) is 10.3. The van der Waals surface area contributed by atoms with Crippen molar-refractivity contribution in [3.63, 3.8) is 0 Å². The van der Waals surface area contributed by atoms with Gasteiger partial charge in [0.25, 0.3) is 0 Å². The largest absolute Gasteiger partial charge is 0.364 e. The summed E-state index contributed by atoms with van der Waals surface area (Å²) in [5.41, 5.74) is 6.51. The first-order chi connectivity index (χ1) is 13.6. The van der Waals surface area contributed by atoms with Crippen molar-refractivity contribution in [3.05, 3.63) is 71.1 Å². The van der Waals surface area contributed by atoms with Crippen LogP contribution >= 0.6 is 11.3 Å². The lowest BCUT2D eigenvalue weighted by molar-refractivity contribution is 0.0970. The molecule has 2 aromatic heterocycles. The van der Waals surface area contributed by atoms with Crippen molar-refractivity contribution in [1.29, 1.82) is 0 Å². The molecular weight excluding hydrogens is 368 g/mol. The zero-order valence-corrected chi connectivity index (χ0v) is 16.9. The number of unbranched alkanes of at least 4 members (excludes halogenated alkanes) is 1. The smallest absolute Gasteiger partial charge is 0.184 e. The number of Topliss-reactive ketones (excluding diaryl/α,β-unsaturated/α-hetero) is 1. The van der Waals surface area contributed by atoms with E-state index < -0.39 is 0 Å². The molecule has 0 spiro atoms. The maximum Gasteiger partial charge on any atom is 0.184 e. The SMILES string of the molecule is Cc1cc(CCCCC(=O)c2ccon2)ccc1-c1nc2cccc(C)c2s1. The Morgan fingerprint density at radius 2 is 1.96 bits per heavy atom. The highest BCUT2D eigenvalue weighted by Crippen LogP contribution is 2.34. The van der Waals surface area contributed by atoms with Crippen LogP contribution in [-0.4, -0.2) is 15.9 Å². The predicted octanol–water partition coefficient (Wildman–Crippen LogP) is 6.16. The van der Waals surface area contributed by atoms with Crippen molar-refractivity contribution in [2.45, 2.75) is 39.5 Å². The fourth-order valence-corrected chi connectivity index (χ4v) is 4.55. The van der Waals surface area contributed by atoms with Crippen LogP contribution in [0.4, 0.5) is 0 Å². The van der Waals surface area contributed by atoms with Crippen LogP contribution < -0.4 is 0 Å². The average molecular weight is 391 g/mol. The molecule has 28 heavy (non-hydrogen) atoms. The Morgan fingerprint density at radius 1 is 1.07 bits per heavy atom. The summed E-state index contributed by atoms with van der Waals surface area (Å²) >= 11 is 1.76. The lowest BCUT2D eigenvalue weighted by atomic mass is 10.0. The molecule has 0 amide bonds. The molecule has 0 fully saturated rings. The Labute approximate surface area is 168 Å². The fraction of sp³-hybridized carbons (Fsp3) is 0.261. The normalized spacial score (nSPS) is 11.2. The quantitative estimate of drug-likeness (QED) is 0.280. The van der Waals surface area contributed by atoms with Gasteiger partial charge in [0, 0.05) is 18.1 Å². The molecule has 2 heterocycles. The van der Waals surface area contributed by atoms with Gasteiger partial charge in [0.1, 0.15) is 17.0 Å². The van der Waals surface area contributed by atoms with Gasteiger partial charge in [-0.2, -0.15) is 0 Å². The van der Waals surface area contributed by atoms with E-state index in [-0.39, 0.29) is 5.78 Å². The number of benzene rings is 2. The number of rotatable bonds is 7. The Hall–Kier alpha value is -2.79. The van der Waals surface area contributed by atoms with Crippen LogP contribution in [0.3, 0.4) is 0 Å². The second-order valence-corrected chi connectivity index (χ2v) is 8.11. The molecule has 0 aliphatic rings. The third-order valence-electron chi connectivity index (χ3n) is 4.98. The van der Waals surface area contributed by atoms with E-state index in [1.165, 1.54) is 33.2 Å². The lowest BCUT2D eigenvalue weighted by Crippen LogP contribution is -1.99. The Morgan fingerprint density at radius 3 is 2.71 bits per heavy atom. The zero-order chi connectivity index (χ0) is 19.5. The van der Waals surface area contributed by atoms with Crippen molar-refractivity contribution < 1.29 is 9.32 Å². The van der Waals surface area contributed by atoms with Gasteiger partial charge in [-0.25, -0.2) is 4.98 Å². The Bertz CT molecular complexity index is 1110. The highest BCUT2D eigenvalue weighted by Gasteiger charge is 2.11. The van der Waals surface area contributed by atoms with E-state index >= 15 is 0 Å². The van der Waals surface area contributed by atoms with Gasteiger partial charge in [-0.15, -0.1) is 11.3 Å². The molecule has 4 aromatic rings. The van der Waals surface area contributed by atoms with E-state index in [4.69, 9.17) is 9.51 Å². The molecule has 142 valence electrons. The molecule has 4 rings (SSSR count). The van der Waals surface area contributed by atoms with E-state index in [9.17, 15) is 4.79 Å². The maximum absolute atomic E-state index is 11.9. The predicted molar refractivity (Wildman–Crippen MR) is 113 cm³/mol. The van der Waals surface area contributed by atoms with Crippen molar-refractivity contribution in [3.8, 4) is 10.6 Å². The van der Waals surface area contributed by atoms with Crippen molar-refractivity contribution >= 4 is 27.3 Å². The summed E-state index contributed by atoms with van der Waals surface area (Å²) in [6, 6.07) is 14.5. The monoisotopic (exact) mass is 390 g/mol. The minimum absolute atomic E-state index is 0.0476. The molecule has 0 aliphatic carbocycles. The summed E-state index contributed by atoms with van der Waals surface area (Å²) < 4.78 is 5.98. The topological polar surface area (TPSA) is 56.0 Å². The molecule has 0 radical (unpaired) electrons. The maximum atomic E-state index is 11.9. The summed E-state index contributed by atoms with van der Waals surface area (Å²) in [6.07, 6.45) is 4.73. The van der Waals surface area contributed by atoms with Crippen LogP contribution in [-0.2, 0) is 6.42 Å². The standard InChI is InChI=1S/C23H22N2O2S/c1-15-6-5-8-20-22(15)28-23(24-20)18-11-10-17(14-16(18)2)7-3-4-9-21(26)19-12-13-27-25-19/h5-6,8,10-14H,3-4,7,9H2,1-2H3. The van der Waals surface area contributed by atoms with E-state index in [0.29, 0.717) is 12.1 Å². The fourth-order valence-electron chi connectivity index (χ4n) is 3.42. The number of ketones is 1. The molecule has 0 bridgehead atoms. The number of carbonyl (C=O) groups is 1. The third-order valence-corrected chi connectivity index (χ3v) is 6.22. The summed E-state index contributed by atoms with van der Waals surface area (Å²) in [5.74, 6) is 0.0476. The van der Waals surface area contributed by atoms with E-state index in [1.807, 2.05) is 0 Å². The molecule has 0 saturated heterocycles. The molecular formula is C23H22N2O2S. The summed E-state index contributed by atoms with van der Waals surface area (Å²) in [5, 5.41) is 4.77. The number of hydrogen-bond donors (Lipinski definition) is 0. The molecule has 5 heteroatoms. The van der Waals surface area contributed by atoms with Gasteiger partial charge in [-0.3, -0.25) is 4.79 Å². The zero-order valence-electron chi connectivity index (χ0n) is 16.1. The first-order valence-electron chi connectivity index (χ1n) is 9.51. The van der Waals surface area contributed by atoms with Crippen molar-refractivity contribution in [2.24, 2.45) is 0 Å². The van der Waals surface area contributed by atoms with Crippen LogP contribution in [0.2, 0.25) is 0 Å². The molecule has 0 atom stereocenters. The van der Waals surface area contributed by atoms with Gasteiger partial charge < -0.3 is 4.52 Å². The highest BCUT2D eigenvalue weighted by molar-refractivity contribution is 7.21. The van der Waals surface area contributed by atoms with Gasteiger partial charge in [0.15, 0.2) is 5.78 Å². The lowest BCUT2D eigenvalue weighted by Gasteiger charge is -2.06. The van der Waals surface area contributed by atoms with Gasteiger partial charge >= 0.3 is 0 Å².